The maximum atomic E-state index is 14.0. The van der Waals surface area contributed by atoms with Crippen molar-refractivity contribution in [1.82, 2.24) is 10.2 Å². The third-order valence-corrected chi connectivity index (χ3v) is 5.52. The summed E-state index contributed by atoms with van der Waals surface area (Å²) in [7, 11) is 1.42. The van der Waals surface area contributed by atoms with Crippen LogP contribution in [-0.2, 0) is 0 Å². The van der Waals surface area contributed by atoms with E-state index >= 15 is 0 Å². The highest BCUT2D eigenvalue weighted by Gasteiger charge is 2.27. The Morgan fingerprint density at radius 3 is 2.76 bits per heavy atom. The number of allylic oxidation sites excluding steroid dienone is 2. The molecule has 0 radical (unpaired) electrons. The SMILES string of the molecule is CN(C(=O)c1ccc(C2=CNC3C=CC(Br)=CN23)cc1Cl)c1ccc(F)cc1F. The third kappa shape index (κ3) is 3.68. The van der Waals surface area contributed by atoms with Crippen LogP contribution in [-0.4, -0.2) is 24.0 Å². The molecule has 148 valence electrons. The first-order valence-corrected chi connectivity index (χ1v) is 9.85. The van der Waals surface area contributed by atoms with Gasteiger partial charge in [-0.15, -0.1) is 0 Å². The van der Waals surface area contributed by atoms with Crippen molar-refractivity contribution in [3.05, 3.63) is 93.2 Å². The highest BCUT2D eigenvalue weighted by molar-refractivity contribution is 9.11. The molecule has 2 aromatic carbocycles. The standard InChI is InChI=1S/C21H15BrClF2N3O/c1-27(18-6-4-14(24)9-17(18)25)21(29)15-5-2-12(8-16(15)23)19-10-26-20-7-3-13(22)11-28(19)20/h2-11,20,26H,1H3. The lowest BCUT2D eigenvalue weighted by Gasteiger charge is -2.26. The molecule has 0 fully saturated rings. The minimum absolute atomic E-state index is 0.0129. The van der Waals surface area contributed by atoms with Crippen molar-refractivity contribution in [3.8, 4) is 0 Å². The topological polar surface area (TPSA) is 35.6 Å². The van der Waals surface area contributed by atoms with E-state index in [0.717, 1.165) is 32.8 Å². The van der Waals surface area contributed by atoms with Gasteiger partial charge in [0.1, 0.15) is 17.8 Å². The summed E-state index contributed by atoms with van der Waals surface area (Å²) < 4.78 is 28.1. The number of nitrogens with zero attached hydrogens (tertiary/aromatic N) is 2. The van der Waals surface area contributed by atoms with E-state index in [1.54, 1.807) is 18.2 Å². The molecule has 29 heavy (non-hydrogen) atoms. The number of hydrogen-bond acceptors (Lipinski definition) is 3. The molecule has 0 spiro atoms. The maximum absolute atomic E-state index is 14.0. The van der Waals surface area contributed by atoms with E-state index in [1.807, 2.05) is 29.5 Å². The summed E-state index contributed by atoms with van der Waals surface area (Å²) in [5.74, 6) is -2.02. The maximum Gasteiger partial charge on any atom is 0.259 e. The lowest BCUT2D eigenvalue weighted by molar-refractivity contribution is 0.0992. The fraction of sp³-hybridized carbons (Fsp3) is 0.0952. The summed E-state index contributed by atoms with van der Waals surface area (Å²) in [6.45, 7) is 0. The first-order valence-electron chi connectivity index (χ1n) is 8.68. The molecular formula is C21H15BrClF2N3O. The van der Waals surface area contributed by atoms with Gasteiger partial charge in [0, 0.05) is 35.6 Å². The lowest BCUT2D eigenvalue weighted by Crippen LogP contribution is -2.32. The Balaban J connectivity index is 1.61. The average molecular weight is 479 g/mol. The second-order valence-electron chi connectivity index (χ2n) is 6.58. The van der Waals surface area contributed by atoms with Crippen LogP contribution in [0.1, 0.15) is 15.9 Å². The summed E-state index contributed by atoms with van der Waals surface area (Å²) >= 11 is 9.86. The number of carbonyl (C=O) groups is 1. The molecule has 2 aromatic rings. The number of amides is 1. The molecule has 2 heterocycles. The molecular weight excluding hydrogens is 464 g/mol. The minimum Gasteiger partial charge on any atom is -0.366 e. The van der Waals surface area contributed by atoms with Gasteiger partial charge in [0.15, 0.2) is 0 Å². The molecule has 0 bridgehead atoms. The zero-order valence-electron chi connectivity index (χ0n) is 15.2. The average Bonchev–Trinajstić information content (AvgIpc) is 3.10. The van der Waals surface area contributed by atoms with Gasteiger partial charge in [0.2, 0.25) is 0 Å². The van der Waals surface area contributed by atoms with Gasteiger partial charge in [-0.25, -0.2) is 8.78 Å². The number of rotatable bonds is 3. The molecule has 1 amide bonds. The molecule has 2 aliphatic heterocycles. The van der Waals surface area contributed by atoms with Crippen LogP contribution in [0, 0.1) is 11.6 Å². The van der Waals surface area contributed by atoms with Crippen LogP contribution in [0.3, 0.4) is 0 Å². The smallest absolute Gasteiger partial charge is 0.259 e. The Bertz CT molecular complexity index is 1100. The van der Waals surface area contributed by atoms with Gasteiger partial charge >= 0.3 is 0 Å². The molecule has 0 aliphatic carbocycles. The third-order valence-electron chi connectivity index (χ3n) is 4.74. The number of halogens is 4. The molecule has 0 saturated carbocycles. The zero-order valence-corrected chi connectivity index (χ0v) is 17.5. The Hall–Kier alpha value is -2.64. The molecule has 1 atom stereocenters. The number of nitrogens with one attached hydrogen (secondary N) is 1. The van der Waals surface area contributed by atoms with Crippen LogP contribution in [0.25, 0.3) is 5.70 Å². The second kappa shape index (κ2) is 7.65. The largest absolute Gasteiger partial charge is 0.366 e. The normalized spacial score (nSPS) is 17.4. The molecule has 1 unspecified atom stereocenters. The molecule has 4 nitrogen and oxygen atoms in total. The molecule has 1 N–H and O–H groups in total. The van der Waals surface area contributed by atoms with Gasteiger partial charge in [0.25, 0.3) is 5.91 Å². The predicted octanol–water partition coefficient (Wildman–Crippen LogP) is 5.23. The summed E-state index contributed by atoms with van der Waals surface area (Å²) in [5.41, 5.74) is 1.91. The number of fused-ring (bicyclic) bond motifs is 1. The highest BCUT2D eigenvalue weighted by Crippen LogP contribution is 2.33. The molecule has 2 aliphatic rings. The van der Waals surface area contributed by atoms with Crippen LogP contribution >= 0.6 is 27.5 Å². The summed E-state index contributed by atoms with van der Waals surface area (Å²) in [6.07, 6.45) is 7.82. The van der Waals surface area contributed by atoms with Crippen LogP contribution in [0.2, 0.25) is 5.02 Å². The van der Waals surface area contributed by atoms with Crippen LogP contribution < -0.4 is 10.2 Å². The van der Waals surface area contributed by atoms with Gasteiger partial charge in [-0.3, -0.25) is 4.79 Å². The van der Waals surface area contributed by atoms with E-state index in [-0.39, 0.29) is 22.4 Å². The summed E-state index contributed by atoms with van der Waals surface area (Å²) in [4.78, 5) is 16.0. The van der Waals surface area contributed by atoms with Crippen molar-refractivity contribution in [3.63, 3.8) is 0 Å². The lowest BCUT2D eigenvalue weighted by atomic mass is 10.1. The molecule has 4 rings (SSSR count). The van der Waals surface area contributed by atoms with Gasteiger partial charge in [-0.2, -0.15) is 0 Å². The van der Waals surface area contributed by atoms with E-state index in [4.69, 9.17) is 11.6 Å². The van der Waals surface area contributed by atoms with Gasteiger partial charge in [-0.05, 0) is 52.3 Å². The van der Waals surface area contributed by atoms with Gasteiger partial charge < -0.3 is 15.1 Å². The van der Waals surface area contributed by atoms with Crippen molar-refractivity contribution in [2.24, 2.45) is 0 Å². The molecule has 8 heteroatoms. The Morgan fingerprint density at radius 2 is 2.03 bits per heavy atom. The Morgan fingerprint density at radius 1 is 1.24 bits per heavy atom. The van der Waals surface area contributed by atoms with E-state index in [9.17, 15) is 13.6 Å². The number of benzene rings is 2. The van der Waals surface area contributed by atoms with Crippen molar-refractivity contribution in [2.45, 2.75) is 6.17 Å². The number of anilines is 1. The van der Waals surface area contributed by atoms with Gasteiger partial charge in [-0.1, -0.05) is 17.7 Å². The Labute approximate surface area is 179 Å². The van der Waals surface area contributed by atoms with Crippen LogP contribution in [0.15, 0.2) is 65.4 Å². The van der Waals surface area contributed by atoms with E-state index in [2.05, 4.69) is 21.2 Å². The van der Waals surface area contributed by atoms with E-state index in [1.165, 1.54) is 13.1 Å². The fourth-order valence-electron chi connectivity index (χ4n) is 3.25. The summed E-state index contributed by atoms with van der Waals surface area (Å²) in [6, 6.07) is 8.13. The van der Waals surface area contributed by atoms with E-state index in [0.29, 0.717) is 0 Å². The van der Waals surface area contributed by atoms with Crippen molar-refractivity contribution in [1.29, 1.82) is 0 Å². The second-order valence-corrected chi connectivity index (χ2v) is 7.90. The van der Waals surface area contributed by atoms with Crippen LogP contribution in [0.5, 0.6) is 0 Å². The number of hydrogen-bond donors (Lipinski definition) is 1. The first kappa shape index (κ1) is 19.7. The van der Waals surface area contributed by atoms with E-state index < -0.39 is 17.5 Å². The first-order chi connectivity index (χ1) is 13.8. The summed E-state index contributed by atoms with van der Waals surface area (Å²) in [5, 5.41) is 3.49. The zero-order chi connectivity index (χ0) is 20.7. The van der Waals surface area contributed by atoms with Gasteiger partial charge in [0.05, 0.1) is 22.0 Å². The van der Waals surface area contributed by atoms with Crippen LogP contribution in [0.4, 0.5) is 14.5 Å². The Kier molecular flexibility index (Phi) is 5.19. The number of carbonyl (C=O) groups excluding carboxylic acids is 1. The molecule has 0 aromatic heterocycles. The monoisotopic (exact) mass is 477 g/mol. The van der Waals surface area contributed by atoms with Crippen molar-refractivity contribution in [2.75, 3.05) is 11.9 Å². The predicted molar refractivity (Wildman–Crippen MR) is 113 cm³/mol. The highest BCUT2D eigenvalue weighted by atomic mass is 79.9. The van der Waals surface area contributed by atoms with Crippen molar-refractivity contribution < 1.29 is 13.6 Å². The van der Waals surface area contributed by atoms with Crippen molar-refractivity contribution >= 4 is 44.8 Å². The quantitative estimate of drug-likeness (QED) is 0.656. The molecule has 0 saturated heterocycles. The minimum atomic E-state index is -0.822. The fourth-order valence-corrected chi connectivity index (χ4v) is 3.88.